The van der Waals surface area contributed by atoms with Crippen LogP contribution in [-0.2, 0) is 40.4 Å². The van der Waals surface area contributed by atoms with E-state index in [4.69, 9.17) is 11.6 Å². The van der Waals surface area contributed by atoms with Gasteiger partial charge in [-0.3, -0.25) is 4.79 Å². The fraction of sp³-hybridized carbons (Fsp3) is 0.200. The van der Waals surface area contributed by atoms with Gasteiger partial charge in [0.2, 0.25) is 15.9 Å². The lowest BCUT2D eigenvalue weighted by Crippen LogP contribution is -2.36. The number of benzene rings is 3. The maximum atomic E-state index is 14.4. The molecule has 1 aliphatic rings. The lowest BCUT2D eigenvalue weighted by molar-refractivity contribution is -0.140. The smallest absolute Gasteiger partial charge is 0.324 e. The number of rotatable bonds is 5. The average Bonchev–Trinajstić information content (AvgIpc) is 2.86. The van der Waals surface area contributed by atoms with Crippen molar-refractivity contribution in [2.45, 2.75) is 30.5 Å². The maximum Gasteiger partial charge on any atom is 0.419 e. The highest BCUT2D eigenvalue weighted by Crippen LogP contribution is 2.36. The number of sulfonamides is 1. The molecule has 4 rings (SSSR count). The van der Waals surface area contributed by atoms with Crippen LogP contribution in [0.25, 0.3) is 0 Å². The Kier molecular flexibility index (Phi) is 7.28. The van der Waals surface area contributed by atoms with Gasteiger partial charge in [-0.2, -0.15) is 22.7 Å². The number of hydrogen-bond donors (Lipinski definition) is 1. The van der Waals surface area contributed by atoms with Crippen LogP contribution >= 0.6 is 11.6 Å². The number of carbonyl (C=O) groups excluding carboxylic acids is 1. The summed E-state index contributed by atoms with van der Waals surface area (Å²) in [7, 11) is -4.00. The van der Waals surface area contributed by atoms with Crippen LogP contribution in [0.15, 0.2) is 59.5 Å². The molecule has 1 amide bonds. The second kappa shape index (κ2) is 10.1. The normalized spacial score (nSPS) is 14.1. The van der Waals surface area contributed by atoms with Crippen molar-refractivity contribution < 1.29 is 30.8 Å². The van der Waals surface area contributed by atoms with Crippen LogP contribution in [0.4, 0.5) is 23.2 Å². The van der Waals surface area contributed by atoms with Crippen molar-refractivity contribution >= 4 is 33.2 Å². The molecular formula is C25H18ClF4N3O3S. The van der Waals surface area contributed by atoms with E-state index >= 15 is 0 Å². The lowest BCUT2D eigenvalue weighted by atomic mass is 9.98. The van der Waals surface area contributed by atoms with Crippen LogP contribution in [-0.4, -0.2) is 25.2 Å². The monoisotopic (exact) mass is 551 g/mol. The first kappa shape index (κ1) is 26.6. The Morgan fingerprint density at radius 1 is 1.11 bits per heavy atom. The minimum atomic E-state index is -4.90. The topological polar surface area (TPSA) is 90.3 Å². The first-order valence-corrected chi connectivity index (χ1v) is 12.7. The molecule has 0 aliphatic carbocycles. The summed E-state index contributed by atoms with van der Waals surface area (Å²) in [6, 6.07) is 13.5. The van der Waals surface area contributed by atoms with E-state index in [9.17, 15) is 36.0 Å². The fourth-order valence-corrected chi connectivity index (χ4v) is 5.94. The number of fused-ring (bicyclic) bond motifs is 1. The Balaban J connectivity index is 1.58. The highest BCUT2D eigenvalue weighted by molar-refractivity contribution is 7.89. The fourth-order valence-electron chi connectivity index (χ4n) is 4.16. The molecule has 12 heteroatoms. The number of nitriles is 1. The van der Waals surface area contributed by atoms with Crippen molar-refractivity contribution in [1.29, 1.82) is 5.26 Å². The predicted molar refractivity (Wildman–Crippen MR) is 128 cm³/mol. The van der Waals surface area contributed by atoms with Gasteiger partial charge in [-0.15, -0.1) is 0 Å². The summed E-state index contributed by atoms with van der Waals surface area (Å²) in [6.45, 7) is -0.0275. The second-order valence-electron chi connectivity index (χ2n) is 8.26. The Bertz CT molecular complexity index is 1540. The molecule has 3 aromatic rings. The molecule has 6 nitrogen and oxygen atoms in total. The highest BCUT2D eigenvalue weighted by atomic mass is 35.5. The number of amides is 1. The third kappa shape index (κ3) is 5.32. The van der Waals surface area contributed by atoms with Gasteiger partial charge in [-0.25, -0.2) is 12.8 Å². The standard InChI is InChI=1S/C25H18ClF4N3O3S/c26-20-9-8-17-14-33(37(35,36)21-7-2-1-4-16(21)13-31)11-10-18(17)24(20)32-22(34)12-15-5-3-6-19(23(15)27)25(28,29)30/h1-9H,10-12,14H2,(H,32,34). The van der Waals surface area contributed by atoms with Crippen LogP contribution in [0.5, 0.6) is 0 Å². The molecule has 0 bridgehead atoms. The van der Waals surface area contributed by atoms with E-state index in [2.05, 4.69) is 5.32 Å². The summed E-state index contributed by atoms with van der Waals surface area (Å²) >= 11 is 6.28. The largest absolute Gasteiger partial charge is 0.419 e. The van der Waals surface area contributed by atoms with Crippen LogP contribution < -0.4 is 5.32 Å². The van der Waals surface area contributed by atoms with Gasteiger partial charge < -0.3 is 5.32 Å². The number of carbonyl (C=O) groups is 1. The molecule has 0 unspecified atom stereocenters. The Morgan fingerprint density at radius 3 is 2.54 bits per heavy atom. The minimum Gasteiger partial charge on any atom is -0.324 e. The molecular weight excluding hydrogens is 534 g/mol. The van der Waals surface area contributed by atoms with Gasteiger partial charge in [-0.05, 0) is 47.4 Å². The molecule has 1 heterocycles. The van der Waals surface area contributed by atoms with Crippen LogP contribution in [0.3, 0.4) is 0 Å². The van der Waals surface area contributed by atoms with Crippen LogP contribution in [0.2, 0.25) is 5.02 Å². The second-order valence-corrected chi connectivity index (χ2v) is 10.6. The number of halogens is 5. The molecule has 192 valence electrons. The van der Waals surface area contributed by atoms with Crippen molar-refractivity contribution in [3.8, 4) is 6.07 Å². The van der Waals surface area contributed by atoms with Crippen molar-refractivity contribution in [3.63, 3.8) is 0 Å². The third-order valence-corrected chi connectivity index (χ3v) is 8.16. The van der Waals surface area contributed by atoms with Gasteiger partial charge in [0, 0.05) is 13.1 Å². The Morgan fingerprint density at radius 2 is 1.84 bits per heavy atom. The van der Waals surface area contributed by atoms with Gasteiger partial charge in [0.05, 0.1) is 33.2 Å². The summed E-state index contributed by atoms with van der Waals surface area (Å²) in [5.74, 6) is -2.31. The molecule has 1 N–H and O–H groups in total. The van der Waals surface area contributed by atoms with Crippen molar-refractivity contribution in [2.75, 3.05) is 11.9 Å². The van der Waals surface area contributed by atoms with Gasteiger partial charge in [0.25, 0.3) is 0 Å². The van der Waals surface area contributed by atoms with Crippen LogP contribution in [0.1, 0.15) is 27.8 Å². The predicted octanol–water partition coefficient (Wildman–Crippen LogP) is 5.30. The van der Waals surface area contributed by atoms with E-state index in [0.29, 0.717) is 17.2 Å². The Labute approximate surface area is 215 Å². The summed E-state index contributed by atoms with van der Waals surface area (Å²) in [4.78, 5) is 12.5. The Hall–Kier alpha value is -3.46. The molecule has 0 aromatic heterocycles. The van der Waals surface area contributed by atoms with Crippen molar-refractivity contribution in [2.24, 2.45) is 0 Å². The van der Waals surface area contributed by atoms with E-state index in [-0.39, 0.29) is 40.7 Å². The summed E-state index contributed by atoms with van der Waals surface area (Å²) in [6.07, 6.45) is -5.41. The molecule has 3 aromatic carbocycles. The molecule has 0 saturated carbocycles. The lowest BCUT2D eigenvalue weighted by Gasteiger charge is -2.30. The first-order chi connectivity index (χ1) is 17.4. The number of anilines is 1. The zero-order chi connectivity index (χ0) is 27.0. The van der Waals surface area contributed by atoms with E-state index in [1.165, 1.54) is 28.6 Å². The zero-order valence-corrected chi connectivity index (χ0v) is 20.5. The number of nitrogens with zero attached hydrogens (tertiary/aromatic N) is 2. The summed E-state index contributed by atoms with van der Waals surface area (Å²) in [5, 5.41) is 12.0. The maximum absolute atomic E-state index is 14.4. The molecule has 0 atom stereocenters. The molecule has 0 fully saturated rings. The molecule has 0 saturated heterocycles. The highest BCUT2D eigenvalue weighted by Gasteiger charge is 2.35. The zero-order valence-electron chi connectivity index (χ0n) is 18.9. The third-order valence-electron chi connectivity index (χ3n) is 5.94. The van der Waals surface area contributed by atoms with Gasteiger partial charge in [0.15, 0.2) is 0 Å². The van der Waals surface area contributed by atoms with Crippen LogP contribution in [0, 0.1) is 17.1 Å². The van der Waals surface area contributed by atoms with Gasteiger partial charge >= 0.3 is 6.18 Å². The quantitative estimate of drug-likeness (QED) is 0.436. The van der Waals surface area contributed by atoms with Crippen molar-refractivity contribution in [3.05, 3.63) is 93.3 Å². The molecule has 0 radical (unpaired) electrons. The van der Waals surface area contributed by atoms with Gasteiger partial charge in [-0.1, -0.05) is 41.9 Å². The SMILES string of the molecule is N#Cc1ccccc1S(=O)(=O)N1CCc2c(ccc(Cl)c2NC(=O)Cc2cccc(C(F)(F)F)c2F)C1. The molecule has 37 heavy (non-hydrogen) atoms. The number of nitrogens with one attached hydrogen (secondary N) is 1. The summed E-state index contributed by atoms with van der Waals surface area (Å²) < 4.78 is 81.0. The average molecular weight is 552 g/mol. The number of alkyl halides is 3. The van der Waals surface area contributed by atoms with E-state index in [1.54, 1.807) is 12.1 Å². The molecule has 1 aliphatic heterocycles. The van der Waals surface area contributed by atoms with E-state index < -0.39 is 45.5 Å². The van der Waals surface area contributed by atoms with E-state index in [1.807, 2.05) is 6.07 Å². The van der Waals surface area contributed by atoms with Gasteiger partial charge in [0.1, 0.15) is 11.9 Å². The summed E-state index contributed by atoms with van der Waals surface area (Å²) in [5.41, 5.74) is -0.585. The van der Waals surface area contributed by atoms with E-state index in [0.717, 1.165) is 12.1 Å². The molecule has 0 spiro atoms. The number of hydrogen-bond acceptors (Lipinski definition) is 4. The first-order valence-electron chi connectivity index (χ1n) is 10.9. The van der Waals surface area contributed by atoms with Crippen molar-refractivity contribution in [1.82, 2.24) is 4.31 Å². The minimum absolute atomic E-state index is 0.0131.